The van der Waals surface area contributed by atoms with E-state index in [1.165, 1.54) is 0 Å². The van der Waals surface area contributed by atoms with Gasteiger partial charge in [0, 0.05) is 10.9 Å². The number of ether oxygens (including phenoxy) is 1. The molecule has 1 heterocycles. The lowest BCUT2D eigenvalue weighted by Crippen LogP contribution is -2.13. The Labute approximate surface area is 220 Å². The molecule has 0 aliphatic heterocycles. The van der Waals surface area contributed by atoms with Crippen molar-refractivity contribution in [1.82, 2.24) is 5.16 Å². The zero-order valence-corrected chi connectivity index (χ0v) is 23.4. The van der Waals surface area contributed by atoms with Gasteiger partial charge in [0.05, 0.1) is 29.4 Å². The summed E-state index contributed by atoms with van der Waals surface area (Å²) in [5.41, 5.74) is 4.02. The SMILES string of the molecule is CCCc1cc(CC(=O)O)ccc1S(=O)(=O)CCCOc1ccc2c(CC(C)(C)C)noc2c1CCC. The van der Waals surface area contributed by atoms with Crippen LogP contribution < -0.4 is 4.74 Å². The number of rotatable bonds is 13. The predicted molar refractivity (Wildman–Crippen MR) is 145 cm³/mol. The minimum absolute atomic E-state index is 0.0502. The summed E-state index contributed by atoms with van der Waals surface area (Å²) in [5.74, 6) is -0.285. The smallest absolute Gasteiger partial charge is 0.307 e. The van der Waals surface area contributed by atoms with Gasteiger partial charge in [-0.1, -0.05) is 64.7 Å². The van der Waals surface area contributed by atoms with E-state index in [2.05, 4.69) is 32.9 Å². The Balaban J connectivity index is 1.72. The van der Waals surface area contributed by atoms with Gasteiger partial charge in [0.1, 0.15) is 5.75 Å². The second-order valence-electron chi connectivity index (χ2n) is 10.8. The number of carboxylic acid groups (broad SMARTS) is 1. The highest BCUT2D eigenvalue weighted by molar-refractivity contribution is 7.91. The van der Waals surface area contributed by atoms with Crippen molar-refractivity contribution >= 4 is 26.8 Å². The largest absolute Gasteiger partial charge is 0.493 e. The minimum Gasteiger partial charge on any atom is -0.493 e. The monoisotopic (exact) mass is 529 g/mol. The zero-order valence-electron chi connectivity index (χ0n) is 22.6. The molecule has 0 unspecified atom stereocenters. The number of hydrogen-bond acceptors (Lipinski definition) is 6. The predicted octanol–water partition coefficient (Wildman–Crippen LogP) is 6.19. The maximum absolute atomic E-state index is 13.1. The van der Waals surface area contributed by atoms with Gasteiger partial charge in [-0.25, -0.2) is 8.42 Å². The van der Waals surface area contributed by atoms with Crippen LogP contribution in [0.3, 0.4) is 0 Å². The first-order valence-electron chi connectivity index (χ1n) is 13.0. The molecular formula is C29H39NO6S. The van der Waals surface area contributed by atoms with Crippen LogP contribution in [0.2, 0.25) is 0 Å². The Morgan fingerprint density at radius 1 is 1.08 bits per heavy atom. The summed E-state index contributed by atoms with van der Waals surface area (Å²) in [6.07, 6.45) is 4.05. The highest BCUT2D eigenvalue weighted by Crippen LogP contribution is 2.34. The minimum atomic E-state index is -3.54. The molecule has 1 aromatic heterocycles. The van der Waals surface area contributed by atoms with E-state index in [9.17, 15) is 13.2 Å². The molecule has 0 spiro atoms. The topological polar surface area (TPSA) is 107 Å². The van der Waals surface area contributed by atoms with E-state index in [1.54, 1.807) is 18.2 Å². The quantitative estimate of drug-likeness (QED) is 0.263. The van der Waals surface area contributed by atoms with E-state index in [-0.39, 0.29) is 29.1 Å². The first-order valence-corrected chi connectivity index (χ1v) is 14.7. The van der Waals surface area contributed by atoms with Crippen LogP contribution >= 0.6 is 0 Å². The van der Waals surface area contributed by atoms with Crippen molar-refractivity contribution < 1.29 is 27.6 Å². The molecule has 0 aliphatic rings. The van der Waals surface area contributed by atoms with Gasteiger partial charge in [-0.3, -0.25) is 4.79 Å². The number of aromatic nitrogens is 1. The number of carboxylic acids is 1. The summed E-state index contributed by atoms with van der Waals surface area (Å²) >= 11 is 0. The van der Waals surface area contributed by atoms with Crippen LogP contribution in [0.1, 0.15) is 76.3 Å². The van der Waals surface area contributed by atoms with Gasteiger partial charge in [0.2, 0.25) is 0 Å². The van der Waals surface area contributed by atoms with Crippen LogP contribution in [-0.2, 0) is 40.3 Å². The number of benzene rings is 2. The molecule has 37 heavy (non-hydrogen) atoms. The van der Waals surface area contributed by atoms with E-state index >= 15 is 0 Å². The highest BCUT2D eigenvalue weighted by atomic mass is 32.2. The Kier molecular flexibility index (Phi) is 9.40. The fourth-order valence-corrected chi connectivity index (χ4v) is 6.12. The number of fused-ring (bicyclic) bond motifs is 1. The summed E-state index contributed by atoms with van der Waals surface area (Å²) in [5, 5.41) is 14.4. The van der Waals surface area contributed by atoms with E-state index in [1.807, 2.05) is 19.1 Å². The Bertz CT molecular complexity index is 1330. The Morgan fingerprint density at radius 2 is 1.81 bits per heavy atom. The molecule has 0 saturated heterocycles. The fraction of sp³-hybridized carbons (Fsp3) is 0.517. The number of aryl methyl sites for hydroxylation is 2. The molecule has 202 valence electrons. The van der Waals surface area contributed by atoms with Crippen LogP contribution in [0.15, 0.2) is 39.8 Å². The number of hydrogen-bond donors (Lipinski definition) is 1. The highest BCUT2D eigenvalue weighted by Gasteiger charge is 2.22. The van der Waals surface area contributed by atoms with Crippen LogP contribution in [-0.4, -0.2) is 37.0 Å². The van der Waals surface area contributed by atoms with Crippen molar-refractivity contribution in [3.8, 4) is 5.75 Å². The van der Waals surface area contributed by atoms with Gasteiger partial charge in [-0.2, -0.15) is 0 Å². The van der Waals surface area contributed by atoms with E-state index in [0.717, 1.165) is 47.9 Å². The summed E-state index contributed by atoms with van der Waals surface area (Å²) in [7, 11) is -3.54. The summed E-state index contributed by atoms with van der Waals surface area (Å²) in [6, 6.07) is 8.76. The van der Waals surface area contributed by atoms with Crippen molar-refractivity contribution in [1.29, 1.82) is 0 Å². The molecule has 3 aromatic rings. The van der Waals surface area contributed by atoms with Crippen LogP contribution in [0.5, 0.6) is 5.75 Å². The lowest BCUT2D eigenvalue weighted by Gasteiger charge is -2.16. The Hall–Kier alpha value is -2.87. The molecule has 3 rings (SSSR count). The molecule has 0 bridgehead atoms. The second-order valence-corrected chi connectivity index (χ2v) is 12.9. The number of sulfone groups is 1. The van der Waals surface area contributed by atoms with E-state index in [4.69, 9.17) is 14.4 Å². The van der Waals surface area contributed by atoms with Crippen molar-refractivity contribution in [2.75, 3.05) is 12.4 Å². The molecule has 0 amide bonds. The van der Waals surface area contributed by atoms with Gasteiger partial charge in [0.25, 0.3) is 0 Å². The normalized spacial score (nSPS) is 12.2. The first-order chi connectivity index (χ1) is 17.4. The molecule has 2 aromatic carbocycles. The fourth-order valence-electron chi connectivity index (χ4n) is 4.57. The van der Waals surface area contributed by atoms with E-state index < -0.39 is 15.8 Å². The summed E-state index contributed by atoms with van der Waals surface area (Å²) < 4.78 is 38.1. The van der Waals surface area contributed by atoms with Crippen LogP contribution in [0, 0.1) is 5.41 Å². The zero-order chi connectivity index (χ0) is 27.2. The molecule has 0 saturated carbocycles. The third kappa shape index (κ3) is 7.57. The number of nitrogens with zero attached hydrogens (tertiary/aromatic N) is 1. The maximum atomic E-state index is 13.1. The number of aliphatic carboxylic acids is 1. The average Bonchev–Trinajstić information content (AvgIpc) is 3.19. The molecule has 7 nitrogen and oxygen atoms in total. The van der Waals surface area contributed by atoms with Gasteiger partial charge in [0.15, 0.2) is 15.4 Å². The molecule has 0 radical (unpaired) electrons. The second kappa shape index (κ2) is 12.1. The van der Waals surface area contributed by atoms with Crippen molar-refractivity contribution in [3.63, 3.8) is 0 Å². The van der Waals surface area contributed by atoms with Crippen LogP contribution in [0.25, 0.3) is 11.0 Å². The molecular weight excluding hydrogens is 490 g/mol. The average molecular weight is 530 g/mol. The number of carbonyl (C=O) groups is 1. The Morgan fingerprint density at radius 3 is 2.46 bits per heavy atom. The lowest BCUT2D eigenvalue weighted by molar-refractivity contribution is -0.136. The molecule has 0 aliphatic carbocycles. The molecule has 0 atom stereocenters. The summed E-state index contributed by atoms with van der Waals surface area (Å²) in [4.78, 5) is 11.3. The standard InChI is InChI=1S/C29H39NO6S/c1-6-9-21-17-20(18-27(31)32)11-14-26(21)37(33,34)16-8-15-35-25-13-12-22-24(19-29(3,4)5)30-36-28(22)23(25)10-7-2/h11-14,17H,6-10,15-16,18-19H2,1-5H3,(H,31,32). The first kappa shape index (κ1) is 28.7. The summed E-state index contributed by atoms with van der Waals surface area (Å²) in [6.45, 7) is 10.8. The third-order valence-electron chi connectivity index (χ3n) is 6.12. The van der Waals surface area contributed by atoms with Crippen molar-refractivity contribution in [2.45, 2.75) is 84.5 Å². The molecule has 8 heteroatoms. The maximum Gasteiger partial charge on any atom is 0.307 e. The lowest BCUT2D eigenvalue weighted by atomic mass is 9.89. The third-order valence-corrected chi connectivity index (χ3v) is 8.02. The van der Waals surface area contributed by atoms with Gasteiger partial charge < -0.3 is 14.4 Å². The van der Waals surface area contributed by atoms with Crippen LogP contribution in [0.4, 0.5) is 0 Å². The molecule has 1 N–H and O–H groups in total. The van der Waals surface area contributed by atoms with Crippen molar-refractivity contribution in [2.24, 2.45) is 5.41 Å². The van der Waals surface area contributed by atoms with Gasteiger partial charge >= 0.3 is 5.97 Å². The molecule has 0 fully saturated rings. The van der Waals surface area contributed by atoms with Crippen molar-refractivity contribution in [3.05, 3.63) is 52.7 Å². The van der Waals surface area contributed by atoms with E-state index in [0.29, 0.717) is 29.7 Å². The van der Waals surface area contributed by atoms with Gasteiger partial charge in [-0.05, 0) is 60.4 Å². The van der Waals surface area contributed by atoms with Gasteiger partial charge in [-0.15, -0.1) is 0 Å².